The molecule has 1 aromatic carbocycles. The summed E-state index contributed by atoms with van der Waals surface area (Å²) in [6.45, 7) is 4.47. The SMILES string of the molecule is CCC(=O)Nc1ccc(C)c(NC(=O)NCc2noc(C3CCCO3)n2)c1. The Balaban J connectivity index is 1.54. The fourth-order valence-electron chi connectivity index (χ4n) is 2.65. The van der Waals surface area contributed by atoms with Crippen LogP contribution in [0.4, 0.5) is 16.2 Å². The van der Waals surface area contributed by atoms with Gasteiger partial charge < -0.3 is 25.2 Å². The van der Waals surface area contributed by atoms with E-state index in [0.717, 1.165) is 18.4 Å². The normalized spacial score (nSPS) is 16.1. The number of ether oxygens (including phenoxy) is 1. The minimum absolute atomic E-state index is 0.0894. The lowest BCUT2D eigenvalue weighted by atomic mass is 10.2. The monoisotopic (exact) mass is 373 g/mol. The average molecular weight is 373 g/mol. The summed E-state index contributed by atoms with van der Waals surface area (Å²) in [5.74, 6) is 0.740. The molecule has 1 aliphatic rings. The molecule has 27 heavy (non-hydrogen) atoms. The number of hydrogen-bond acceptors (Lipinski definition) is 6. The predicted octanol–water partition coefficient (Wildman–Crippen LogP) is 2.90. The topological polar surface area (TPSA) is 118 Å². The highest BCUT2D eigenvalue weighted by atomic mass is 16.5. The number of carbonyl (C=O) groups is 2. The van der Waals surface area contributed by atoms with Crippen molar-refractivity contribution in [2.45, 2.75) is 45.8 Å². The van der Waals surface area contributed by atoms with E-state index in [-0.39, 0.29) is 18.6 Å². The molecule has 2 heterocycles. The maximum absolute atomic E-state index is 12.2. The number of anilines is 2. The van der Waals surface area contributed by atoms with Gasteiger partial charge in [-0.25, -0.2) is 4.79 Å². The maximum atomic E-state index is 12.2. The van der Waals surface area contributed by atoms with Gasteiger partial charge in [-0.3, -0.25) is 4.79 Å². The molecule has 2 aromatic rings. The van der Waals surface area contributed by atoms with Crippen LogP contribution in [0.5, 0.6) is 0 Å². The second-order valence-corrected chi connectivity index (χ2v) is 6.29. The van der Waals surface area contributed by atoms with E-state index in [0.29, 0.717) is 36.1 Å². The smallest absolute Gasteiger partial charge is 0.319 e. The first-order valence-corrected chi connectivity index (χ1v) is 8.94. The number of nitrogens with zero attached hydrogens (tertiary/aromatic N) is 2. The fraction of sp³-hybridized carbons (Fsp3) is 0.444. The Morgan fingerprint density at radius 3 is 2.89 bits per heavy atom. The number of benzene rings is 1. The van der Waals surface area contributed by atoms with Crippen molar-refractivity contribution in [3.05, 3.63) is 35.5 Å². The summed E-state index contributed by atoms with van der Waals surface area (Å²) < 4.78 is 10.7. The van der Waals surface area contributed by atoms with Crippen molar-refractivity contribution in [1.82, 2.24) is 15.5 Å². The van der Waals surface area contributed by atoms with E-state index in [4.69, 9.17) is 9.26 Å². The van der Waals surface area contributed by atoms with Gasteiger partial charge in [0.05, 0.1) is 6.54 Å². The minimum atomic E-state index is -0.402. The highest BCUT2D eigenvalue weighted by molar-refractivity contribution is 5.94. The number of nitrogens with one attached hydrogen (secondary N) is 3. The standard InChI is InChI=1S/C18H23N5O4/c1-3-16(24)20-12-7-6-11(2)13(9-12)21-18(25)19-10-15-22-17(27-23-15)14-5-4-8-26-14/h6-7,9,14H,3-5,8,10H2,1-2H3,(H,20,24)(H2,19,21,25). The number of hydrogen-bond donors (Lipinski definition) is 3. The summed E-state index contributed by atoms with van der Waals surface area (Å²) in [5.41, 5.74) is 2.11. The van der Waals surface area contributed by atoms with Crippen LogP contribution in [0.2, 0.25) is 0 Å². The van der Waals surface area contributed by atoms with Crippen molar-refractivity contribution in [1.29, 1.82) is 0 Å². The number of amides is 3. The lowest BCUT2D eigenvalue weighted by Crippen LogP contribution is -2.29. The lowest BCUT2D eigenvalue weighted by molar-refractivity contribution is -0.115. The molecule has 9 heteroatoms. The Hall–Kier alpha value is -2.94. The first kappa shape index (κ1) is 18.8. The summed E-state index contributed by atoms with van der Waals surface area (Å²) in [6.07, 6.45) is 2.07. The molecule has 144 valence electrons. The molecule has 3 amide bonds. The van der Waals surface area contributed by atoms with Crippen molar-refractivity contribution >= 4 is 23.3 Å². The van der Waals surface area contributed by atoms with Crippen molar-refractivity contribution in [2.24, 2.45) is 0 Å². The largest absolute Gasteiger partial charge is 0.368 e. The predicted molar refractivity (Wildman–Crippen MR) is 98.2 cm³/mol. The molecule has 0 spiro atoms. The van der Waals surface area contributed by atoms with E-state index >= 15 is 0 Å². The van der Waals surface area contributed by atoms with Gasteiger partial charge >= 0.3 is 6.03 Å². The fourth-order valence-corrected chi connectivity index (χ4v) is 2.65. The van der Waals surface area contributed by atoms with Crippen molar-refractivity contribution < 1.29 is 18.8 Å². The molecule has 0 aliphatic carbocycles. The van der Waals surface area contributed by atoms with Crippen LogP contribution in [0.3, 0.4) is 0 Å². The van der Waals surface area contributed by atoms with Crippen LogP contribution in [0, 0.1) is 6.92 Å². The zero-order valence-electron chi connectivity index (χ0n) is 15.4. The number of rotatable bonds is 6. The highest BCUT2D eigenvalue weighted by Crippen LogP contribution is 2.26. The first-order valence-electron chi connectivity index (χ1n) is 8.94. The summed E-state index contributed by atoms with van der Waals surface area (Å²) in [4.78, 5) is 27.9. The third kappa shape index (κ3) is 5.04. The summed E-state index contributed by atoms with van der Waals surface area (Å²) in [5, 5.41) is 12.1. The van der Waals surface area contributed by atoms with E-state index in [1.165, 1.54) is 0 Å². The van der Waals surface area contributed by atoms with Gasteiger partial charge in [-0.2, -0.15) is 4.98 Å². The van der Waals surface area contributed by atoms with Gasteiger partial charge in [0.1, 0.15) is 6.10 Å². The molecule has 0 bridgehead atoms. The van der Waals surface area contributed by atoms with Gasteiger partial charge in [0.15, 0.2) is 5.82 Å². The molecule has 3 N–H and O–H groups in total. The van der Waals surface area contributed by atoms with Gasteiger partial charge in [0.2, 0.25) is 5.91 Å². The molecule has 9 nitrogen and oxygen atoms in total. The molecular weight excluding hydrogens is 350 g/mol. The Morgan fingerprint density at radius 1 is 1.30 bits per heavy atom. The number of aryl methyl sites for hydroxylation is 1. The van der Waals surface area contributed by atoms with Gasteiger partial charge in [0.25, 0.3) is 5.89 Å². The number of urea groups is 1. The Kier molecular flexibility index (Phi) is 6.02. The molecule has 1 fully saturated rings. The third-order valence-electron chi connectivity index (χ3n) is 4.19. The van der Waals surface area contributed by atoms with Gasteiger partial charge in [0, 0.05) is 24.4 Å². The first-order chi connectivity index (χ1) is 13.0. The van der Waals surface area contributed by atoms with Crippen LogP contribution in [-0.4, -0.2) is 28.7 Å². The van der Waals surface area contributed by atoms with Crippen molar-refractivity contribution in [3.8, 4) is 0 Å². The van der Waals surface area contributed by atoms with E-state index in [2.05, 4.69) is 26.1 Å². The highest BCUT2D eigenvalue weighted by Gasteiger charge is 2.23. The molecule has 1 saturated heterocycles. The Morgan fingerprint density at radius 2 is 2.15 bits per heavy atom. The van der Waals surface area contributed by atoms with Crippen LogP contribution in [0.15, 0.2) is 22.7 Å². The lowest BCUT2D eigenvalue weighted by Gasteiger charge is -2.11. The second kappa shape index (κ2) is 8.63. The Labute approximate surface area is 156 Å². The van der Waals surface area contributed by atoms with Gasteiger partial charge in [-0.15, -0.1) is 0 Å². The Bertz CT molecular complexity index is 814. The molecule has 1 atom stereocenters. The van der Waals surface area contributed by atoms with E-state index < -0.39 is 6.03 Å². The van der Waals surface area contributed by atoms with Crippen molar-refractivity contribution in [3.63, 3.8) is 0 Å². The van der Waals surface area contributed by atoms with Crippen LogP contribution in [-0.2, 0) is 16.1 Å². The van der Waals surface area contributed by atoms with E-state index in [9.17, 15) is 9.59 Å². The summed E-state index contributed by atoms with van der Waals surface area (Å²) in [6, 6.07) is 4.93. The van der Waals surface area contributed by atoms with E-state index in [1.54, 1.807) is 19.1 Å². The molecular formula is C18H23N5O4. The molecule has 0 saturated carbocycles. The zero-order chi connectivity index (χ0) is 19.2. The molecule has 1 aliphatic heterocycles. The average Bonchev–Trinajstić information content (AvgIpc) is 3.34. The van der Waals surface area contributed by atoms with Crippen LogP contribution < -0.4 is 16.0 Å². The summed E-state index contributed by atoms with van der Waals surface area (Å²) in [7, 11) is 0. The van der Waals surface area contributed by atoms with Crippen LogP contribution in [0.1, 0.15) is 49.6 Å². The quantitative estimate of drug-likeness (QED) is 0.716. The molecule has 1 aromatic heterocycles. The maximum Gasteiger partial charge on any atom is 0.319 e. The van der Waals surface area contributed by atoms with E-state index in [1.807, 2.05) is 13.0 Å². The summed E-state index contributed by atoms with van der Waals surface area (Å²) >= 11 is 0. The minimum Gasteiger partial charge on any atom is -0.368 e. The van der Waals surface area contributed by atoms with Gasteiger partial charge in [-0.1, -0.05) is 18.1 Å². The van der Waals surface area contributed by atoms with Gasteiger partial charge in [-0.05, 0) is 37.5 Å². The van der Waals surface area contributed by atoms with Crippen LogP contribution in [0.25, 0.3) is 0 Å². The zero-order valence-corrected chi connectivity index (χ0v) is 15.4. The van der Waals surface area contributed by atoms with Crippen molar-refractivity contribution in [2.75, 3.05) is 17.2 Å². The number of carbonyl (C=O) groups excluding carboxylic acids is 2. The van der Waals surface area contributed by atoms with Crippen LogP contribution >= 0.6 is 0 Å². The molecule has 3 rings (SSSR count). The molecule has 0 radical (unpaired) electrons. The third-order valence-corrected chi connectivity index (χ3v) is 4.19. The molecule has 1 unspecified atom stereocenters. The number of aromatic nitrogens is 2. The second-order valence-electron chi connectivity index (χ2n) is 6.29.